The molecule has 1 N–H and O–H groups in total. The van der Waals surface area contributed by atoms with Crippen molar-refractivity contribution in [3.05, 3.63) is 84.3 Å². The zero-order chi connectivity index (χ0) is 19.5. The molecule has 0 aliphatic rings. The van der Waals surface area contributed by atoms with Crippen LogP contribution >= 0.6 is 0 Å². The van der Waals surface area contributed by atoms with E-state index in [1.165, 1.54) is 0 Å². The van der Waals surface area contributed by atoms with Crippen LogP contribution in [0.5, 0.6) is 0 Å². The summed E-state index contributed by atoms with van der Waals surface area (Å²) in [5, 5.41) is 11.1. The Hall–Kier alpha value is -3.81. The van der Waals surface area contributed by atoms with Gasteiger partial charge in [0.1, 0.15) is 11.4 Å². The van der Waals surface area contributed by atoms with Crippen LogP contribution in [0.4, 0.5) is 24.7 Å². The number of pyridine rings is 1. The maximum atomic E-state index is 13.6. The molecule has 4 rings (SSSR count). The van der Waals surface area contributed by atoms with Crippen molar-refractivity contribution in [2.24, 2.45) is 0 Å². The summed E-state index contributed by atoms with van der Waals surface area (Å²) in [6.07, 6.45) is 1.58. The Balaban J connectivity index is 1.82. The Bertz CT molecular complexity index is 1100. The number of hydrogen-bond donors (Lipinski definition) is 1. The van der Waals surface area contributed by atoms with Gasteiger partial charge in [0.25, 0.3) is 0 Å². The summed E-state index contributed by atoms with van der Waals surface area (Å²) in [6, 6.07) is 16.0. The minimum Gasteiger partial charge on any atom is -0.338 e. The maximum absolute atomic E-state index is 13.6. The predicted molar refractivity (Wildman–Crippen MR) is 98.1 cm³/mol. The number of rotatable bonds is 4. The summed E-state index contributed by atoms with van der Waals surface area (Å²) in [5.74, 6) is -3.73. The standard InChI is InChI=1S/C20H12F3N5/c21-14-10-13(11-15(22)17(14)23)25-20-18(12-6-2-1-3-7-12)27-28-19(26-20)16-8-4-5-9-24-16/h1-11H,(H,25,26,28). The number of anilines is 2. The van der Waals surface area contributed by atoms with Crippen LogP contribution in [0.15, 0.2) is 66.9 Å². The minimum absolute atomic E-state index is 0.0129. The van der Waals surface area contributed by atoms with Gasteiger partial charge in [-0.15, -0.1) is 10.2 Å². The van der Waals surface area contributed by atoms with E-state index in [1.807, 2.05) is 18.2 Å². The molecule has 0 amide bonds. The van der Waals surface area contributed by atoms with E-state index >= 15 is 0 Å². The van der Waals surface area contributed by atoms with Gasteiger partial charge >= 0.3 is 0 Å². The Morgan fingerprint density at radius 1 is 0.786 bits per heavy atom. The maximum Gasteiger partial charge on any atom is 0.202 e. The molecule has 2 aromatic heterocycles. The Morgan fingerprint density at radius 3 is 2.18 bits per heavy atom. The molecule has 4 aromatic rings. The first-order valence-electron chi connectivity index (χ1n) is 8.25. The van der Waals surface area contributed by atoms with E-state index in [4.69, 9.17) is 0 Å². The zero-order valence-corrected chi connectivity index (χ0v) is 14.3. The lowest BCUT2D eigenvalue weighted by molar-refractivity contribution is 0.448. The molecule has 138 valence electrons. The Labute approximate surface area is 157 Å². The summed E-state index contributed by atoms with van der Waals surface area (Å²) in [7, 11) is 0. The van der Waals surface area contributed by atoms with Gasteiger partial charge in [0.05, 0.1) is 0 Å². The van der Waals surface area contributed by atoms with Gasteiger partial charge in [-0.1, -0.05) is 36.4 Å². The van der Waals surface area contributed by atoms with Gasteiger partial charge in [-0.2, -0.15) is 0 Å². The van der Waals surface area contributed by atoms with E-state index in [9.17, 15) is 13.2 Å². The third-order valence-corrected chi connectivity index (χ3v) is 3.87. The Morgan fingerprint density at radius 2 is 1.50 bits per heavy atom. The van der Waals surface area contributed by atoms with Gasteiger partial charge in [-0.25, -0.2) is 18.2 Å². The van der Waals surface area contributed by atoms with Crippen molar-refractivity contribution in [3.8, 4) is 22.8 Å². The second kappa shape index (κ2) is 7.43. The molecule has 0 saturated carbocycles. The second-order valence-electron chi connectivity index (χ2n) is 5.79. The molecular weight excluding hydrogens is 367 g/mol. The third-order valence-electron chi connectivity index (χ3n) is 3.87. The lowest BCUT2D eigenvalue weighted by Gasteiger charge is -2.12. The molecule has 28 heavy (non-hydrogen) atoms. The summed E-state index contributed by atoms with van der Waals surface area (Å²) < 4.78 is 40.4. The van der Waals surface area contributed by atoms with Crippen LogP contribution in [0.2, 0.25) is 0 Å². The van der Waals surface area contributed by atoms with Gasteiger partial charge < -0.3 is 5.32 Å². The molecule has 0 atom stereocenters. The van der Waals surface area contributed by atoms with Crippen LogP contribution in [0.3, 0.4) is 0 Å². The highest BCUT2D eigenvalue weighted by Gasteiger charge is 2.16. The van der Waals surface area contributed by atoms with E-state index in [0.717, 1.165) is 12.1 Å². The highest BCUT2D eigenvalue weighted by molar-refractivity contribution is 5.75. The summed E-state index contributed by atoms with van der Waals surface area (Å²) >= 11 is 0. The van der Waals surface area contributed by atoms with E-state index in [2.05, 4.69) is 25.5 Å². The first kappa shape index (κ1) is 17.6. The molecule has 0 aliphatic carbocycles. The van der Waals surface area contributed by atoms with Crippen LogP contribution in [0, 0.1) is 17.5 Å². The highest BCUT2D eigenvalue weighted by Crippen LogP contribution is 2.29. The fourth-order valence-corrected chi connectivity index (χ4v) is 2.57. The number of benzene rings is 2. The number of nitrogens with zero attached hydrogens (tertiary/aromatic N) is 4. The quantitative estimate of drug-likeness (QED) is 0.518. The van der Waals surface area contributed by atoms with Gasteiger partial charge in [0, 0.05) is 29.6 Å². The van der Waals surface area contributed by atoms with E-state index in [-0.39, 0.29) is 17.3 Å². The van der Waals surface area contributed by atoms with Crippen LogP contribution < -0.4 is 5.32 Å². The molecular formula is C20H12F3N5. The van der Waals surface area contributed by atoms with Crippen LogP contribution in [0.1, 0.15) is 0 Å². The van der Waals surface area contributed by atoms with E-state index < -0.39 is 17.5 Å². The third kappa shape index (κ3) is 3.52. The van der Waals surface area contributed by atoms with Crippen LogP contribution in [-0.2, 0) is 0 Å². The van der Waals surface area contributed by atoms with Gasteiger partial charge in [0.15, 0.2) is 23.3 Å². The predicted octanol–water partition coefficient (Wildman–Crippen LogP) is 4.76. The lowest BCUT2D eigenvalue weighted by Crippen LogP contribution is -2.05. The van der Waals surface area contributed by atoms with Crippen molar-refractivity contribution in [1.29, 1.82) is 0 Å². The lowest BCUT2D eigenvalue weighted by atomic mass is 10.1. The number of hydrogen-bond acceptors (Lipinski definition) is 5. The minimum atomic E-state index is -1.54. The first-order valence-corrected chi connectivity index (χ1v) is 8.25. The van der Waals surface area contributed by atoms with Crippen molar-refractivity contribution in [2.75, 3.05) is 5.32 Å². The smallest absolute Gasteiger partial charge is 0.202 e. The molecule has 0 radical (unpaired) electrons. The summed E-state index contributed by atoms with van der Waals surface area (Å²) in [5.41, 5.74) is 1.53. The zero-order valence-electron chi connectivity index (χ0n) is 14.3. The SMILES string of the molecule is Fc1cc(Nc2nc(-c3ccccn3)nnc2-c2ccccc2)cc(F)c1F. The van der Waals surface area contributed by atoms with Crippen molar-refractivity contribution >= 4 is 11.5 Å². The molecule has 2 heterocycles. The number of nitrogens with one attached hydrogen (secondary N) is 1. The molecule has 2 aromatic carbocycles. The number of aromatic nitrogens is 4. The summed E-state index contributed by atoms with van der Waals surface area (Å²) in [4.78, 5) is 8.59. The van der Waals surface area contributed by atoms with Crippen LogP contribution in [-0.4, -0.2) is 20.2 Å². The first-order chi connectivity index (χ1) is 13.6. The molecule has 5 nitrogen and oxygen atoms in total. The molecule has 8 heteroatoms. The van der Waals surface area contributed by atoms with Gasteiger partial charge in [-0.05, 0) is 12.1 Å². The second-order valence-corrected chi connectivity index (χ2v) is 5.79. The van der Waals surface area contributed by atoms with Crippen molar-refractivity contribution in [2.45, 2.75) is 0 Å². The summed E-state index contributed by atoms with van der Waals surface area (Å²) in [6.45, 7) is 0. The van der Waals surface area contributed by atoms with Crippen molar-refractivity contribution in [1.82, 2.24) is 20.2 Å². The fraction of sp³-hybridized carbons (Fsp3) is 0. The molecule has 0 fully saturated rings. The molecule has 0 unspecified atom stereocenters. The molecule has 0 bridgehead atoms. The fourth-order valence-electron chi connectivity index (χ4n) is 2.57. The monoisotopic (exact) mass is 379 g/mol. The number of halogens is 3. The van der Waals surface area contributed by atoms with E-state index in [0.29, 0.717) is 17.0 Å². The normalized spacial score (nSPS) is 10.7. The average molecular weight is 379 g/mol. The van der Waals surface area contributed by atoms with Crippen molar-refractivity contribution in [3.63, 3.8) is 0 Å². The van der Waals surface area contributed by atoms with Crippen LogP contribution in [0.25, 0.3) is 22.8 Å². The van der Waals surface area contributed by atoms with Gasteiger partial charge in [-0.3, -0.25) is 4.98 Å². The topological polar surface area (TPSA) is 63.6 Å². The molecule has 0 spiro atoms. The largest absolute Gasteiger partial charge is 0.338 e. The van der Waals surface area contributed by atoms with Gasteiger partial charge in [0.2, 0.25) is 5.82 Å². The molecule has 0 aliphatic heterocycles. The van der Waals surface area contributed by atoms with Crippen molar-refractivity contribution < 1.29 is 13.2 Å². The Kier molecular flexibility index (Phi) is 4.67. The molecule has 0 saturated heterocycles. The average Bonchev–Trinajstić information content (AvgIpc) is 2.73. The van der Waals surface area contributed by atoms with E-state index in [1.54, 1.807) is 36.5 Å². The highest BCUT2D eigenvalue weighted by atomic mass is 19.2.